The quantitative estimate of drug-likeness (QED) is 0.921. The Kier molecular flexibility index (Phi) is 4.29. The van der Waals surface area contributed by atoms with Crippen molar-refractivity contribution in [2.45, 2.75) is 32.2 Å². The maximum absolute atomic E-state index is 12.2. The topological polar surface area (TPSA) is 50.8 Å². The molecule has 3 rings (SSSR count). The zero-order chi connectivity index (χ0) is 14.7. The molecular formula is C16H22N2O3. The predicted molar refractivity (Wildman–Crippen MR) is 79.8 cm³/mol. The van der Waals surface area contributed by atoms with E-state index in [4.69, 9.17) is 9.47 Å². The van der Waals surface area contributed by atoms with Crippen molar-refractivity contribution in [3.8, 4) is 11.5 Å². The van der Waals surface area contributed by atoms with Crippen LogP contribution < -0.4 is 14.8 Å². The second-order valence-electron chi connectivity index (χ2n) is 5.72. The second-order valence-corrected chi connectivity index (χ2v) is 5.72. The molecule has 114 valence electrons. The molecule has 0 aromatic heterocycles. The number of carbonyl (C=O) groups is 1. The predicted octanol–water partition coefficient (Wildman–Crippen LogP) is 2.02. The second kappa shape index (κ2) is 6.35. The van der Waals surface area contributed by atoms with Crippen LogP contribution in [0.4, 0.5) is 0 Å². The van der Waals surface area contributed by atoms with Crippen molar-refractivity contribution in [1.82, 2.24) is 10.2 Å². The first-order valence-electron chi connectivity index (χ1n) is 7.66. The molecule has 1 N–H and O–H groups in total. The van der Waals surface area contributed by atoms with E-state index in [1.54, 1.807) is 18.2 Å². The number of piperidine rings is 1. The van der Waals surface area contributed by atoms with Crippen molar-refractivity contribution in [2.24, 2.45) is 0 Å². The zero-order valence-corrected chi connectivity index (χ0v) is 12.4. The Hall–Kier alpha value is -1.75. The van der Waals surface area contributed by atoms with Gasteiger partial charge in [-0.15, -0.1) is 0 Å². The zero-order valence-electron chi connectivity index (χ0n) is 12.4. The van der Waals surface area contributed by atoms with Crippen LogP contribution in [0.2, 0.25) is 0 Å². The highest BCUT2D eigenvalue weighted by Gasteiger charge is 2.19. The number of ether oxygens (including phenoxy) is 2. The van der Waals surface area contributed by atoms with Crippen LogP contribution in [-0.4, -0.2) is 43.3 Å². The summed E-state index contributed by atoms with van der Waals surface area (Å²) < 4.78 is 10.5. The summed E-state index contributed by atoms with van der Waals surface area (Å²) in [7, 11) is 0. The molecule has 21 heavy (non-hydrogen) atoms. The Balaban J connectivity index is 1.54. The first-order chi connectivity index (χ1) is 10.2. The third-order valence-corrected chi connectivity index (χ3v) is 4.21. The maximum Gasteiger partial charge on any atom is 0.251 e. The van der Waals surface area contributed by atoms with Gasteiger partial charge in [0.25, 0.3) is 5.91 Å². The van der Waals surface area contributed by atoms with Crippen LogP contribution in [0, 0.1) is 0 Å². The molecule has 0 aliphatic carbocycles. The van der Waals surface area contributed by atoms with Crippen LogP contribution >= 0.6 is 0 Å². The molecule has 1 aromatic rings. The number of benzene rings is 1. The molecule has 1 aromatic carbocycles. The van der Waals surface area contributed by atoms with E-state index in [1.807, 2.05) is 0 Å². The van der Waals surface area contributed by atoms with E-state index in [1.165, 1.54) is 19.3 Å². The molecule has 2 heterocycles. The van der Waals surface area contributed by atoms with E-state index < -0.39 is 0 Å². The molecule has 1 atom stereocenters. The Labute approximate surface area is 125 Å². The lowest BCUT2D eigenvalue weighted by molar-refractivity contribution is 0.0929. The van der Waals surface area contributed by atoms with Crippen LogP contribution in [-0.2, 0) is 0 Å². The number of fused-ring (bicyclic) bond motifs is 1. The molecule has 0 saturated carbocycles. The average molecular weight is 290 g/mol. The summed E-state index contributed by atoms with van der Waals surface area (Å²) in [5.41, 5.74) is 0.616. The Bertz CT molecular complexity index is 512. The van der Waals surface area contributed by atoms with Crippen molar-refractivity contribution in [1.29, 1.82) is 0 Å². The van der Waals surface area contributed by atoms with Gasteiger partial charge in [0, 0.05) is 18.2 Å². The number of likely N-dealkylation sites (tertiary alicyclic amines) is 1. The van der Waals surface area contributed by atoms with Crippen molar-refractivity contribution in [3.05, 3.63) is 23.8 Å². The summed E-state index contributed by atoms with van der Waals surface area (Å²) in [6.45, 7) is 5.35. The minimum atomic E-state index is -0.0582. The lowest BCUT2D eigenvalue weighted by Crippen LogP contribution is -2.44. The first kappa shape index (κ1) is 14.2. The number of hydrogen-bond donors (Lipinski definition) is 1. The largest absolute Gasteiger partial charge is 0.454 e. The van der Waals surface area contributed by atoms with Gasteiger partial charge in [-0.25, -0.2) is 0 Å². The van der Waals surface area contributed by atoms with Gasteiger partial charge in [0.1, 0.15) is 0 Å². The summed E-state index contributed by atoms with van der Waals surface area (Å²) >= 11 is 0. The maximum atomic E-state index is 12.2. The van der Waals surface area contributed by atoms with Gasteiger partial charge >= 0.3 is 0 Å². The number of nitrogens with one attached hydrogen (secondary N) is 1. The fourth-order valence-corrected chi connectivity index (χ4v) is 2.87. The van der Waals surface area contributed by atoms with Gasteiger partial charge in [-0.05, 0) is 51.1 Å². The molecule has 0 spiro atoms. The van der Waals surface area contributed by atoms with Gasteiger partial charge in [-0.1, -0.05) is 6.42 Å². The lowest BCUT2D eigenvalue weighted by Gasteiger charge is -2.32. The summed E-state index contributed by atoms with van der Waals surface area (Å²) in [5.74, 6) is 1.29. The highest BCUT2D eigenvalue weighted by atomic mass is 16.7. The fraction of sp³-hybridized carbons (Fsp3) is 0.562. The molecule has 0 bridgehead atoms. The Morgan fingerprint density at radius 3 is 2.81 bits per heavy atom. The minimum absolute atomic E-state index is 0.0582. The van der Waals surface area contributed by atoms with Crippen molar-refractivity contribution < 1.29 is 14.3 Å². The average Bonchev–Trinajstić information content (AvgIpc) is 3.00. The minimum Gasteiger partial charge on any atom is -0.454 e. The van der Waals surface area contributed by atoms with E-state index in [0.717, 1.165) is 13.1 Å². The summed E-state index contributed by atoms with van der Waals surface area (Å²) in [6, 6.07) is 5.67. The molecule has 0 radical (unpaired) electrons. The number of rotatable bonds is 4. The molecule has 2 aliphatic rings. The molecular weight excluding hydrogens is 268 g/mol. The molecule has 1 fully saturated rings. The Morgan fingerprint density at radius 1 is 1.24 bits per heavy atom. The summed E-state index contributed by atoms with van der Waals surface area (Å²) in [6.07, 6.45) is 3.85. The number of hydrogen-bond acceptors (Lipinski definition) is 4. The fourth-order valence-electron chi connectivity index (χ4n) is 2.87. The molecule has 2 aliphatic heterocycles. The number of nitrogens with zero attached hydrogens (tertiary/aromatic N) is 1. The third kappa shape index (κ3) is 3.29. The first-order valence-corrected chi connectivity index (χ1v) is 7.66. The number of amides is 1. The van der Waals surface area contributed by atoms with Crippen LogP contribution in [0.25, 0.3) is 0 Å². The van der Waals surface area contributed by atoms with Crippen molar-refractivity contribution in [2.75, 3.05) is 26.4 Å². The van der Waals surface area contributed by atoms with E-state index >= 15 is 0 Å². The van der Waals surface area contributed by atoms with Gasteiger partial charge in [-0.3, -0.25) is 9.69 Å². The van der Waals surface area contributed by atoms with Crippen LogP contribution in [0.1, 0.15) is 36.5 Å². The highest BCUT2D eigenvalue weighted by molar-refractivity contribution is 5.94. The monoisotopic (exact) mass is 290 g/mol. The van der Waals surface area contributed by atoms with Crippen molar-refractivity contribution >= 4 is 5.91 Å². The van der Waals surface area contributed by atoms with Crippen molar-refractivity contribution in [3.63, 3.8) is 0 Å². The molecule has 5 nitrogen and oxygen atoms in total. The van der Waals surface area contributed by atoms with Gasteiger partial charge in [-0.2, -0.15) is 0 Å². The summed E-state index contributed by atoms with van der Waals surface area (Å²) in [5, 5.41) is 3.01. The van der Waals surface area contributed by atoms with Crippen LogP contribution in [0.3, 0.4) is 0 Å². The van der Waals surface area contributed by atoms with E-state index in [-0.39, 0.29) is 12.7 Å². The SMILES string of the molecule is CC(CNC(=O)c1ccc2c(c1)OCO2)N1CCCCC1. The van der Waals surface area contributed by atoms with Gasteiger partial charge in [0.05, 0.1) is 0 Å². The molecule has 1 saturated heterocycles. The standard InChI is InChI=1S/C16H22N2O3/c1-12(18-7-3-2-4-8-18)10-17-16(19)13-5-6-14-15(9-13)21-11-20-14/h5-6,9,12H,2-4,7-8,10-11H2,1H3,(H,17,19). The lowest BCUT2D eigenvalue weighted by atomic mass is 10.1. The van der Waals surface area contributed by atoms with E-state index in [0.29, 0.717) is 29.6 Å². The van der Waals surface area contributed by atoms with Gasteiger partial charge in [0.2, 0.25) is 6.79 Å². The molecule has 1 amide bonds. The third-order valence-electron chi connectivity index (χ3n) is 4.21. The normalized spacial score (nSPS) is 19.3. The van der Waals surface area contributed by atoms with Gasteiger partial charge < -0.3 is 14.8 Å². The van der Waals surface area contributed by atoms with Crippen LogP contribution in [0.15, 0.2) is 18.2 Å². The smallest absolute Gasteiger partial charge is 0.251 e. The highest BCUT2D eigenvalue weighted by Crippen LogP contribution is 2.32. The number of carbonyl (C=O) groups excluding carboxylic acids is 1. The Morgan fingerprint density at radius 2 is 2.00 bits per heavy atom. The van der Waals surface area contributed by atoms with E-state index in [2.05, 4.69) is 17.1 Å². The molecule has 1 unspecified atom stereocenters. The van der Waals surface area contributed by atoms with Crippen LogP contribution in [0.5, 0.6) is 11.5 Å². The van der Waals surface area contributed by atoms with E-state index in [9.17, 15) is 4.79 Å². The van der Waals surface area contributed by atoms with Gasteiger partial charge in [0.15, 0.2) is 11.5 Å². The summed E-state index contributed by atoms with van der Waals surface area (Å²) in [4.78, 5) is 14.7. The molecule has 5 heteroatoms.